The maximum absolute atomic E-state index is 4.28. The van der Waals surface area contributed by atoms with Crippen LogP contribution >= 0.6 is 12.6 Å². The molecule has 0 aliphatic heterocycles. The van der Waals surface area contributed by atoms with Gasteiger partial charge in [-0.3, -0.25) is 0 Å². The summed E-state index contributed by atoms with van der Waals surface area (Å²) in [5, 5.41) is 0. The molecular weight excluding hydrogens is 188 g/mol. The van der Waals surface area contributed by atoms with Crippen molar-refractivity contribution >= 4 is 12.6 Å². The highest BCUT2D eigenvalue weighted by atomic mass is 32.1. The zero-order chi connectivity index (χ0) is 10.6. The first-order valence-electron chi connectivity index (χ1n) is 4.75. The Labute approximate surface area is 92.1 Å². The molecule has 0 bridgehead atoms. The number of hydrogen-bond acceptors (Lipinski definition) is 1. The lowest BCUT2D eigenvalue weighted by atomic mass is 9.97. The van der Waals surface area contributed by atoms with Crippen LogP contribution in [-0.4, -0.2) is 0 Å². The van der Waals surface area contributed by atoms with E-state index in [4.69, 9.17) is 0 Å². The van der Waals surface area contributed by atoms with Crippen molar-refractivity contribution in [1.82, 2.24) is 0 Å². The van der Waals surface area contributed by atoms with E-state index in [9.17, 15) is 0 Å². The van der Waals surface area contributed by atoms with Crippen molar-refractivity contribution in [3.05, 3.63) is 35.4 Å². The maximum atomic E-state index is 4.28. The average Bonchev–Trinajstić information content (AvgIpc) is 2.14. The van der Waals surface area contributed by atoms with Crippen LogP contribution < -0.4 is 0 Å². The molecule has 0 saturated carbocycles. The molecule has 0 saturated heterocycles. The normalized spacial score (nSPS) is 10.6. The zero-order valence-electron chi connectivity index (χ0n) is 8.96. The van der Waals surface area contributed by atoms with Crippen molar-refractivity contribution in [3.8, 4) is 11.8 Å². The van der Waals surface area contributed by atoms with Gasteiger partial charge in [-0.25, -0.2) is 0 Å². The zero-order valence-corrected chi connectivity index (χ0v) is 9.86. The molecular formula is C13H16S. The molecule has 0 N–H and O–H groups in total. The molecule has 74 valence electrons. The van der Waals surface area contributed by atoms with Crippen molar-refractivity contribution in [1.29, 1.82) is 0 Å². The Kier molecular flexibility index (Phi) is 3.66. The van der Waals surface area contributed by atoms with Crippen LogP contribution in [0.3, 0.4) is 0 Å². The first kappa shape index (κ1) is 11.2. The average molecular weight is 204 g/mol. The molecule has 0 atom stereocenters. The molecule has 0 fully saturated rings. The summed E-state index contributed by atoms with van der Waals surface area (Å²) in [6.07, 6.45) is 0. The second-order valence-electron chi connectivity index (χ2n) is 4.32. The maximum Gasteiger partial charge on any atom is 0.0285 e. The molecule has 0 unspecified atom stereocenters. The summed E-state index contributed by atoms with van der Waals surface area (Å²) < 4.78 is 0. The van der Waals surface area contributed by atoms with Crippen molar-refractivity contribution < 1.29 is 0 Å². The van der Waals surface area contributed by atoms with E-state index in [2.05, 4.69) is 51.3 Å². The van der Waals surface area contributed by atoms with Crippen LogP contribution in [0.15, 0.2) is 24.3 Å². The minimum atomic E-state index is 0.0592. The predicted octanol–water partition coefficient (Wildman–Crippen LogP) is 3.51. The lowest BCUT2D eigenvalue weighted by Gasteiger charge is -2.07. The largest absolute Gasteiger partial charge is 0.175 e. The highest BCUT2D eigenvalue weighted by Gasteiger charge is 2.04. The Hall–Kier alpha value is -0.870. The summed E-state index contributed by atoms with van der Waals surface area (Å²) in [5.74, 6) is 7.18. The molecule has 0 radical (unpaired) electrons. The second-order valence-corrected chi connectivity index (χ2v) is 4.63. The van der Waals surface area contributed by atoms with Crippen molar-refractivity contribution in [2.75, 3.05) is 0 Å². The first-order valence-corrected chi connectivity index (χ1v) is 5.38. The fourth-order valence-corrected chi connectivity index (χ4v) is 1.31. The van der Waals surface area contributed by atoms with E-state index in [0.29, 0.717) is 0 Å². The third kappa shape index (κ3) is 3.47. The van der Waals surface area contributed by atoms with Gasteiger partial charge in [0.2, 0.25) is 0 Å². The topological polar surface area (TPSA) is 0 Å². The molecule has 0 aromatic heterocycles. The van der Waals surface area contributed by atoms with Crippen LogP contribution in [0, 0.1) is 17.3 Å². The molecule has 0 spiro atoms. The van der Waals surface area contributed by atoms with Gasteiger partial charge in [-0.2, -0.15) is 12.6 Å². The van der Waals surface area contributed by atoms with E-state index in [-0.39, 0.29) is 5.41 Å². The first-order chi connectivity index (χ1) is 6.53. The number of hydrogen-bond donors (Lipinski definition) is 1. The van der Waals surface area contributed by atoms with Gasteiger partial charge in [-0.1, -0.05) is 30.0 Å². The standard InChI is InChI=1S/C13H16S/c1-13(2,3)9-8-11-6-4-5-7-12(11)10-14/h4-7,14H,10H2,1-3H3. The summed E-state index contributed by atoms with van der Waals surface area (Å²) in [7, 11) is 0. The summed E-state index contributed by atoms with van der Waals surface area (Å²) in [6, 6.07) is 8.15. The van der Waals surface area contributed by atoms with Crippen molar-refractivity contribution in [2.45, 2.75) is 26.5 Å². The molecule has 1 aromatic rings. The highest BCUT2D eigenvalue weighted by Crippen LogP contribution is 2.13. The van der Waals surface area contributed by atoms with E-state index in [1.54, 1.807) is 0 Å². The molecule has 0 heterocycles. The molecule has 1 aromatic carbocycles. The molecule has 1 heteroatoms. The SMILES string of the molecule is CC(C)(C)C#Cc1ccccc1CS. The Morgan fingerprint density at radius 1 is 1.21 bits per heavy atom. The lowest BCUT2D eigenvalue weighted by molar-refractivity contribution is 0.571. The lowest BCUT2D eigenvalue weighted by Crippen LogP contribution is -1.99. The smallest absolute Gasteiger partial charge is 0.0285 e. The number of benzene rings is 1. The van der Waals surface area contributed by atoms with Crippen LogP contribution in [0.4, 0.5) is 0 Å². The fourth-order valence-electron chi connectivity index (χ4n) is 1.03. The van der Waals surface area contributed by atoms with Gasteiger partial charge < -0.3 is 0 Å². The molecule has 14 heavy (non-hydrogen) atoms. The third-order valence-electron chi connectivity index (χ3n) is 1.76. The number of thiol groups is 1. The van der Waals surface area contributed by atoms with Gasteiger partial charge in [-0.15, -0.1) is 0 Å². The van der Waals surface area contributed by atoms with Crippen LogP contribution in [0.5, 0.6) is 0 Å². The summed E-state index contributed by atoms with van der Waals surface area (Å²) in [5.41, 5.74) is 2.36. The predicted molar refractivity (Wildman–Crippen MR) is 65.5 cm³/mol. The Morgan fingerprint density at radius 3 is 2.43 bits per heavy atom. The van der Waals surface area contributed by atoms with Crippen LogP contribution in [-0.2, 0) is 5.75 Å². The molecule has 0 aliphatic carbocycles. The fraction of sp³-hybridized carbons (Fsp3) is 0.385. The van der Waals surface area contributed by atoms with E-state index in [1.807, 2.05) is 18.2 Å². The monoisotopic (exact) mass is 204 g/mol. The van der Waals surface area contributed by atoms with Gasteiger partial charge >= 0.3 is 0 Å². The summed E-state index contributed by atoms with van der Waals surface area (Å²) in [4.78, 5) is 0. The molecule has 0 amide bonds. The van der Waals surface area contributed by atoms with Gasteiger partial charge in [0.1, 0.15) is 0 Å². The molecule has 1 rings (SSSR count). The van der Waals surface area contributed by atoms with E-state index >= 15 is 0 Å². The van der Waals surface area contributed by atoms with Crippen molar-refractivity contribution in [3.63, 3.8) is 0 Å². The van der Waals surface area contributed by atoms with Crippen LogP contribution in [0.25, 0.3) is 0 Å². The van der Waals surface area contributed by atoms with E-state index in [1.165, 1.54) is 5.56 Å². The van der Waals surface area contributed by atoms with E-state index in [0.717, 1.165) is 11.3 Å². The Bertz CT molecular complexity index is 361. The highest BCUT2D eigenvalue weighted by molar-refractivity contribution is 7.79. The minimum Gasteiger partial charge on any atom is -0.175 e. The third-order valence-corrected chi connectivity index (χ3v) is 2.10. The Morgan fingerprint density at radius 2 is 1.86 bits per heavy atom. The van der Waals surface area contributed by atoms with Crippen LogP contribution in [0.1, 0.15) is 31.9 Å². The Balaban J connectivity index is 3.00. The van der Waals surface area contributed by atoms with Crippen LogP contribution in [0.2, 0.25) is 0 Å². The second kappa shape index (κ2) is 4.57. The van der Waals surface area contributed by atoms with Gasteiger partial charge in [0, 0.05) is 16.7 Å². The van der Waals surface area contributed by atoms with E-state index < -0.39 is 0 Å². The minimum absolute atomic E-state index is 0.0592. The summed E-state index contributed by atoms with van der Waals surface area (Å²) >= 11 is 4.28. The summed E-state index contributed by atoms with van der Waals surface area (Å²) in [6.45, 7) is 6.34. The van der Waals surface area contributed by atoms with Crippen molar-refractivity contribution in [2.24, 2.45) is 5.41 Å². The number of rotatable bonds is 1. The van der Waals surface area contributed by atoms with Gasteiger partial charge in [0.25, 0.3) is 0 Å². The molecule has 0 aliphatic rings. The quantitative estimate of drug-likeness (QED) is 0.525. The van der Waals surface area contributed by atoms with Gasteiger partial charge in [0.05, 0.1) is 0 Å². The van der Waals surface area contributed by atoms with Gasteiger partial charge in [0.15, 0.2) is 0 Å². The molecule has 0 nitrogen and oxygen atoms in total. The van der Waals surface area contributed by atoms with Gasteiger partial charge in [-0.05, 0) is 32.4 Å².